The van der Waals surface area contributed by atoms with Gasteiger partial charge in [-0.3, -0.25) is 4.79 Å². The first-order valence-corrected chi connectivity index (χ1v) is 9.99. The molecule has 142 valence electrons. The van der Waals surface area contributed by atoms with Crippen LogP contribution in [0.1, 0.15) is 48.4 Å². The maximum Gasteiger partial charge on any atom is 0.227 e. The molecule has 5 nitrogen and oxygen atoms in total. The standard InChI is InChI=1S/C21H25N3O2S/c1-13(2)15-4-6-16(7-5-15)18(22)11-23-20(25)10-19-14(3)26-21(24-19)17-8-9-27-12-17/h4-9,12-13,18H,10-11,22H2,1-3H3,(H,23,25). The third-order valence-corrected chi connectivity index (χ3v) is 5.22. The fraction of sp³-hybridized carbons (Fsp3) is 0.333. The quantitative estimate of drug-likeness (QED) is 0.641. The minimum atomic E-state index is -0.241. The molecule has 2 aromatic heterocycles. The number of benzene rings is 1. The Labute approximate surface area is 163 Å². The van der Waals surface area contributed by atoms with Gasteiger partial charge in [-0.25, -0.2) is 4.98 Å². The van der Waals surface area contributed by atoms with Gasteiger partial charge in [0, 0.05) is 23.5 Å². The van der Waals surface area contributed by atoms with Crippen LogP contribution in [0.4, 0.5) is 0 Å². The number of nitrogens with two attached hydrogens (primary N) is 1. The van der Waals surface area contributed by atoms with Crippen LogP contribution in [0.5, 0.6) is 0 Å². The van der Waals surface area contributed by atoms with Gasteiger partial charge < -0.3 is 15.5 Å². The minimum absolute atomic E-state index is 0.113. The van der Waals surface area contributed by atoms with Gasteiger partial charge in [-0.05, 0) is 35.4 Å². The summed E-state index contributed by atoms with van der Waals surface area (Å²) in [4.78, 5) is 16.7. The van der Waals surface area contributed by atoms with Crippen LogP contribution < -0.4 is 11.1 Å². The first kappa shape index (κ1) is 19.3. The number of aromatic nitrogens is 1. The van der Waals surface area contributed by atoms with E-state index in [1.54, 1.807) is 11.3 Å². The molecule has 0 saturated carbocycles. The Morgan fingerprint density at radius 1 is 1.22 bits per heavy atom. The molecule has 27 heavy (non-hydrogen) atoms. The van der Waals surface area contributed by atoms with E-state index in [-0.39, 0.29) is 18.4 Å². The van der Waals surface area contributed by atoms with Crippen molar-refractivity contribution >= 4 is 17.2 Å². The van der Waals surface area contributed by atoms with E-state index < -0.39 is 0 Å². The van der Waals surface area contributed by atoms with Gasteiger partial charge in [0.1, 0.15) is 5.76 Å². The zero-order valence-corrected chi connectivity index (χ0v) is 16.7. The van der Waals surface area contributed by atoms with Crippen molar-refractivity contribution in [2.75, 3.05) is 6.54 Å². The maximum atomic E-state index is 12.3. The molecule has 3 rings (SSSR count). The Balaban J connectivity index is 1.55. The van der Waals surface area contributed by atoms with Crippen molar-refractivity contribution in [2.45, 2.75) is 39.2 Å². The Morgan fingerprint density at radius 2 is 1.93 bits per heavy atom. The highest BCUT2D eigenvalue weighted by atomic mass is 32.1. The van der Waals surface area contributed by atoms with Crippen LogP contribution in [0.15, 0.2) is 45.5 Å². The molecule has 0 fully saturated rings. The van der Waals surface area contributed by atoms with E-state index in [0.29, 0.717) is 29.8 Å². The largest absolute Gasteiger partial charge is 0.441 e. The Bertz CT molecular complexity index is 883. The second-order valence-electron chi connectivity index (χ2n) is 6.94. The second-order valence-corrected chi connectivity index (χ2v) is 7.72. The van der Waals surface area contributed by atoms with Crippen molar-refractivity contribution in [3.63, 3.8) is 0 Å². The van der Waals surface area contributed by atoms with E-state index in [1.807, 2.05) is 35.9 Å². The smallest absolute Gasteiger partial charge is 0.227 e. The van der Waals surface area contributed by atoms with Crippen molar-refractivity contribution in [3.8, 4) is 11.5 Å². The monoisotopic (exact) mass is 383 g/mol. The maximum absolute atomic E-state index is 12.3. The number of hydrogen-bond donors (Lipinski definition) is 2. The third-order valence-electron chi connectivity index (χ3n) is 4.54. The molecular weight excluding hydrogens is 358 g/mol. The highest BCUT2D eigenvalue weighted by Gasteiger charge is 2.16. The Hall–Kier alpha value is -2.44. The van der Waals surface area contributed by atoms with Gasteiger partial charge in [-0.1, -0.05) is 38.1 Å². The number of rotatable bonds is 7. The summed E-state index contributed by atoms with van der Waals surface area (Å²) in [5.74, 6) is 1.59. The van der Waals surface area contributed by atoms with Gasteiger partial charge in [0.2, 0.25) is 11.8 Å². The molecule has 0 spiro atoms. The summed E-state index contributed by atoms with van der Waals surface area (Å²) in [6.45, 7) is 6.53. The van der Waals surface area contributed by atoms with Crippen LogP contribution in [0, 0.1) is 6.92 Å². The molecule has 0 aliphatic heterocycles. The summed E-state index contributed by atoms with van der Waals surface area (Å²) in [7, 11) is 0. The van der Waals surface area contributed by atoms with Gasteiger partial charge in [0.15, 0.2) is 0 Å². The van der Waals surface area contributed by atoms with Crippen molar-refractivity contribution in [1.29, 1.82) is 0 Å². The van der Waals surface area contributed by atoms with Crippen molar-refractivity contribution in [3.05, 3.63) is 63.7 Å². The van der Waals surface area contributed by atoms with Crippen LogP contribution in [-0.4, -0.2) is 17.4 Å². The number of thiophene rings is 1. The number of carbonyl (C=O) groups excluding carboxylic acids is 1. The summed E-state index contributed by atoms with van der Waals surface area (Å²) < 4.78 is 5.68. The molecule has 0 bridgehead atoms. The van der Waals surface area contributed by atoms with Gasteiger partial charge in [0.05, 0.1) is 12.1 Å². The molecule has 3 aromatic rings. The molecule has 1 amide bonds. The SMILES string of the molecule is Cc1oc(-c2ccsc2)nc1CC(=O)NCC(N)c1ccc(C(C)C)cc1. The van der Waals surface area contributed by atoms with Crippen LogP contribution in [0.3, 0.4) is 0 Å². The van der Waals surface area contributed by atoms with Gasteiger partial charge in [0.25, 0.3) is 0 Å². The van der Waals surface area contributed by atoms with Crippen LogP contribution >= 0.6 is 11.3 Å². The summed E-state index contributed by atoms with van der Waals surface area (Å²) >= 11 is 1.58. The topological polar surface area (TPSA) is 81.2 Å². The molecule has 6 heteroatoms. The van der Waals surface area contributed by atoms with Crippen molar-refractivity contribution in [2.24, 2.45) is 5.73 Å². The normalized spacial score (nSPS) is 12.3. The van der Waals surface area contributed by atoms with E-state index in [2.05, 4.69) is 36.3 Å². The molecule has 0 saturated heterocycles. The predicted molar refractivity (Wildman–Crippen MR) is 109 cm³/mol. The van der Waals surface area contributed by atoms with Crippen molar-refractivity contribution < 1.29 is 9.21 Å². The number of hydrogen-bond acceptors (Lipinski definition) is 5. The summed E-state index contributed by atoms with van der Waals surface area (Å²) in [6.07, 6.45) is 0.179. The molecule has 1 atom stereocenters. The molecule has 1 unspecified atom stereocenters. The number of oxazole rings is 1. The second kappa shape index (κ2) is 8.50. The Kier molecular flexibility index (Phi) is 6.08. The van der Waals surface area contributed by atoms with Gasteiger partial charge >= 0.3 is 0 Å². The molecule has 0 aliphatic rings. The number of nitrogens with zero attached hydrogens (tertiary/aromatic N) is 1. The van der Waals surface area contributed by atoms with Crippen LogP contribution in [-0.2, 0) is 11.2 Å². The third kappa shape index (κ3) is 4.84. The summed E-state index contributed by atoms with van der Waals surface area (Å²) in [5, 5.41) is 6.83. The van der Waals surface area contributed by atoms with Crippen LogP contribution in [0.2, 0.25) is 0 Å². The lowest BCUT2D eigenvalue weighted by molar-refractivity contribution is -0.120. The lowest BCUT2D eigenvalue weighted by Gasteiger charge is -2.14. The molecular formula is C21H25N3O2S. The number of carbonyl (C=O) groups is 1. The highest BCUT2D eigenvalue weighted by Crippen LogP contribution is 2.24. The lowest BCUT2D eigenvalue weighted by Crippen LogP contribution is -2.33. The minimum Gasteiger partial charge on any atom is -0.441 e. The lowest BCUT2D eigenvalue weighted by atomic mass is 9.99. The zero-order valence-electron chi connectivity index (χ0n) is 15.9. The number of aryl methyl sites for hydroxylation is 1. The first-order valence-electron chi connectivity index (χ1n) is 9.05. The molecule has 3 N–H and O–H groups in total. The highest BCUT2D eigenvalue weighted by molar-refractivity contribution is 7.08. The zero-order chi connectivity index (χ0) is 19.4. The molecule has 2 heterocycles. The summed E-state index contributed by atoms with van der Waals surface area (Å²) in [6, 6.07) is 9.94. The van der Waals surface area contributed by atoms with Gasteiger partial charge in [-0.2, -0.15) is 11.3 Å². The van der Waals surface area contributed by atoms with E-state index in [1.165, 1.54) is 5.56 Å². The molecule has 0 radical (unpaired) electrons. The first-order chi connectivity index (χ1) is 12.9. The van der Waals surface area contributed by atoms with E-state index >= 15 is 0 Å². The average molecular weight is 384 g/mol. The van der Waals surface area contributed by atoms with Gasteiger partial charge in [-0.15, -0.1) is 0 Å². The van der Waals surface area contributed by atoms with Crippen molar-refractivity contribution in [1.82, 2.24) is 10.3 Å². The number of amides is 1. The fourth-order valence-corrected chi connectivity index (χ4v) is 3.42. The van der Waals surface area contributed by atoms with E-state index in [0.717, 1.165) is 11.1 Å². The number of nitrogens with one attached hydrogen (secondary N) is 1. The van der Waals surface area contributed by atoms with E-state index in [4.69, 9.17) is 10.2 Å². The molecule has 1 aromatic carbocycles. The average Bonchev–Trinajstić information content (AvgIpc) is 3.30. The predicted octanol–water partition coefficient (Wildman–Crippen LogP) is 4.19. The fourth-order valence-electron chi connectivity index (χ4n) is 2.79. The molecule has 0 aliphatic carbocycles. The van der Waals surface area contributed by atoms with E-state index in [9.17, 15) is 4.79 Å². The van der Waals surface area contributed by atoms with Crippen LogP contribution in [0.25, 0.3) is 11.5 Å². The Morgan fingerprint density at radius 3 is 2.56 bits per heavy atom. The summed E-state index contributed by atoms with van der Waals surface area (Å²) in [5.41, 5.74) is 10.1.